The number of hydrogen-bond acceptors (Lipinski definition) is 2. The Balaban J connectivity index is 2.43. The highest BCUT2D eigenvalue weighted by Gasteiger charge is 2.08. The van der Waals surface area contributed by atoms with Crippen LogP contribution >= 0.6 is 0 Å². The molecule has 0 amide bonds. The van der Waals surface area contributed by atoms with Crippen LogP contribution in [0.25, 0.3) is 11.3 Å². The number of rotatable bonds is 4. The second-order valence-electron chi connectivity index (χ2n) is 5.12. The Bertz CT molecular complexity index is 556. The molecule has 100 valence electrons. The van der Waals surface area contributed by atoms with Gasteiger partial charge in [-0.2, -0.15) is 0 Å². The molecule has 0 aliphatic rings. The average molecular weight is 254 g/mol. The molecule has 1 aromatic heterocycles. The third-order valence-electron chi connectivity index (χ3n) is 3.54. The molecule has 19 heavy (non-hydrogen) atoms. The van der Waals surface area contributed by atoms with Gasteiger partial charge in [-0.05, 0) is 45.0 Å². The van der Waals surface area contributed by atoms with Crippen LogP contribution < -0.4 is 5.32 Å². The second kappa shape index (κ2) is 5.98. The predicted molar refractivity (Wildman–Crippen MR) is 81.5 cm³/mol. The summed E-state index contributed by atoms with van der Waals surface area (Å²) in [5.41, 5.74) is 7.36. The zero-order valence-corrected chi connectivity index (χ0v) is 12.2. The lowest BCUT2D eigenvalue weighted by Crippen LogP contribution is -2.12. The molecule has 0 saturated heterocycles. The molecule has 0 radical (unpaired) electrons. The van der Waals surface area contributed by atoms with E-state index in [1.165, 1.54) is 22.3 Å². The van der Waals surface area contributed by atoms with Crippen molar-refractivity contribution in [1.82, 2.24) is 10.3 Å². The molecule has 0 unspecified atom stereocenters. The highest BCUT2D eigenvalue weighted by molar-refractivity contribution is 5.64. The lowest BCUT2D eigenvalue weighted by atomic mass is 10.0. The Kier molecular flexibility index (Phi) is 4.33. The zero-order chi connectivity index (χ0) is 13.8. The lowest BCUT2D eigenvalue weighted by Gasteiger charge is -2.11. The molecule has 0 bridgehead atoms. The minimum atomic E-state index is 0.961. The van der Waals surface area contributed by atoms with Crippen LogP contribution in [0, 0.1) is 20.8 Å². The Hall–Kier alpha value is -1.67. The number of hydrogen-bond donors (Lipinski definition) is 1. The average Bonchev–Trinajstić information content (AvgIpc) is 2.41. The summed E-state index contributed by atoms with van der Waals surface area (Å²) in [6.45, 7) is 7.39. The molecule has 1 aromatic carbocycles. The summed E-state index contributed by atoms with van der Waals surface area (Å²) >= 11 is 0. The molecule has 2 nitrogen and oxygen atoms in total. The van der Waals surface area contributed by atoms with Crippen LogP contribution in [-0.2, 0) is 6.42 Å². The van der Waals surface area contributed by atoms with Crippen LogP contribution in [0.15, 0.2) is 30.3 Å². The molecule has 1 heterocycles. The monoisotopic (exact) mass is 254 g/mol. The molecule has 0 spiro atoms. The summed E-state index contributed by atoms with van der Waals surface area (Å²) in [5.74, 6) is 0. The Morgan fingerprint density at radius 3 is 2.37 bits per heavy atom. The van der Waals surface area contributed by atoms with Gasteiger partial charge in [0, 0.05) is 24.2 Å². The Morgan fingerprint density at radius 2 is 1.74 bits per heavy atom. The number of pyridine rings is 1. The summed E-state index contributed by atoms with van der Waals surface area (Å²) in [7, 11) is 1.97. The zero-order valence-electron chi connectivity index (χ0n) is 12.2. The minimum absolute atomic E-state index is 0.961. The van der Waals surface area contributed by atoms with Crippen LogP contribution in [0.5, 0.6) is 0 Å². The maximum atomic E-state index is 4.83. The molecule has 0 fully saturated rings. The largest absolute Gasteiger partial charge is 0.319 e. The topological polar surface area (TPSA) is 24.9 Å². The molecule has 0 aliphatic heterocycles. The van der Waals surface area contributed by atoms with Gasteiger partial charge in [0.15, 0.2) is 0 Å². The van der Waals surface area contributed by atoms with Crippen LogP contribution in [-0.4, -0.2) is 18.6 Å². The Morgan fingerprint density at radius 1 is 1.05 bits per heavy atom. The van der Waals surface area contributed by atoms with Gasteiger partial charge < -0.3 is 5.32 Å². The molecule has 2 aromatic rings. The fourth-order valence-electron chi connectivity index (χ4n) is 2.18. The van der Waals surface area contributed by atoms with E-state index in [1.807, 2.05) is 7.05 Å². The first kappa shape index (κ1) is 13.8. The first-order valence-corrected chi connectivity index (χ1v) is 6.80. The smallest absolute Gasteiger partial charge is 0.0737 e. The molecular formula is C17H22N2. The van der Waals surface area contributed by atoms with E-state index in [2.05, 4.69) is 56.4 Å². The molecule has 2 heteroatoms. The summed E-state index contributed by atoms with van der Waals surface area (Å²) in [6, 6.07) is 10.8. The highest BCUT2D eigenvalue weighted by atomic mass is 14.8. The van der Waals surface area contributed by atoms with E-state index in [1.54, 1.807) is 0 Å². The normalized spacial score (nSPS) is 10.7. The SMILES string of the molecule is CNCCc1cc(C)c(C)c(-c2ccc(C)cc2)n1. The number of aromatic nitrogens is 1. The lowest BCUT2D eigenvalue weighted by molar-refractivity contribution is 0.776. The van der Waals surface area contributed by atoms with Crippen molar-refractivity contribution in [1.29, 1.82) is 0 Å². The minimum Gasteiger partial charge on any atom is -0.319 e. The van der Waals surface area contributed by atoms with Gasteiger partial charge in [-0.15, -0.1) is 0 Å². The number of benzene rings is 1. The summed E-state index contributed by atoms with van der Waals surface area (Å²) in [4.78, 5) is 4.83. The number of nitrogens with zero attached hydrogens (tertiary/aromatic N) is 1. The van der Waals surface area contributed by atoms with E-state index in [-0.39, 0.29) is 0 Å². The van der Waals surface area contributed by atoms with E-state index in [4.69, 9.17) is 4.98 Å². The molecule has 1 N–H and O–H groups in total. The quantitative estimate of drug-likeness (QED) is 0.904. The number of aryl methyl sites for hydroxylation is 2. The van der Waals surface area contributed by atoms with E-state index in [0.29, 0.717) is 0 Å². The first-order valence-electron chi connectivity index (χ1n) is 6.80. The summed E-state index contributed by atoms with van der Waals surface area (Å²) < 4.78 is 0. The van der Waals surface area contributed by atoms with E-state index < -0.39 is 0 Å². The van der Waals surface area contributed by atoms with Crippen LogP contribution in [0.1, 0.15) is 22.4 Å². The van der Waals surface area contributed by atoms with Crippen molar-refractivity contribution in [3.8, 4) is 11.3 Å². The third kappa shape index (κ3) is 3.21. The van der Waals surface area contributed by atoms with Crippen molar-refractivity contribution in [2.45, 2.75) is 27.2 Å². The van der Waals surface area contributed by atoms with E-state index >= 15 is 0 Å². The first-order chi connectivity index (χ1) is 9.11. The van der Waals surface area contributed by atoms with Gasteiger partial charge in [-0.25, -0.2) is 0 Å². The van der Waals surface area contributed by atoms with Crippen molar-refractivity contribution in [2.24, 2.45) is 0 Å². The van der Waals surface area contributed by atoms with Gasteiger partial charge in [-0.1, -0.05) is 29.8 Å². The van der Waals surface area contributed by atoms with Gasteiger partial charge in [0.05, 0.1) is 5.69 Å². The third-order valence-corrected chi connectivity index (χ3v) is 3.54. The Labute approximate surface area is 115 Å². The van der Waals surface area contributed by atoms with Gasteiger partial charge in [-0.3, -0.25) is 4.98 Å². The van der Waals surface area contributed by atoms with E-state index in [0.717, 1.165) is 24.4 Å². The fraction of sp³-hybridized carbons (Fsp3) is 0.353. The molecular weight excluding hydrogens is 232 g/mol. The van der Waals surface area contributed by atoms with Crippen LogP contribution in [0.2, 0.25) is 0 Å². The molecule has 0 saturated carbocycles. The summed E-state index contributed by atoms with van der Waals surface area (Å²) in [6.07, 6.45) is 0.969. The highest BCUT2D eigenvalue weighted by Crippen LogP contribution is 2.24. The predicted octanol–water partition coefficient (Wildman–Crippen LogP) is 3.44. The second-order valence-corrected chi connectivity index (χ2v) is 5.12. The molecule has 2 rings (SSSR count). The van der Waals surface area contributed by atoms with Crippen molar-refractivity contribution in [3.05, 3.63) is 52.7 Å². The van der Waals surface area contributed by atoms with Gasteiger partial charge in [0.1, 0.15) is 0 Å². The maximum absolute atomic E-state index is 4.83. The summed E-state index contributed by atoms with van der Waals surface area (Å²) in [5, 5.41) is 3.18. The standard InChI is InChI=1S/C17H22N2/c1-12-5-7-15(8-6-12)17-14(3)13(2)11-16(19-17)9-10-18-4/h5-8,11,18H,9-10H2,1-4H3. The van der Waals surface area contributed by atoms with Crippen molar-refractivity contribution in [3.63, 3.8) is 0 Å². The number of likely N-dealkylation sites (N-methyl/N-ethyl adjacent to an activating group) is 1. The van der Waals surface area contributed by atoms with Gasteiger partial charge in [0.2, 0.25) is 0 Å². The van der Waals surface area contributed by atoms with Crippen LogP contribution in [0.3, 0.4) is 0 Å². The number of nitrogens with one attached hydrogen (secondary N) is 1. The van der Waals surface area contributed by atoms with Crippen LogP contribution in [0.4, 0.5) is 0 Å². The van der Waals surface area contributed by atoms with Crippen molar-refractivity contribution in [2.75, 3.05) is 13.6 Å². The van der Waals surface area contributed by atoms with E-state index in [9.17, 15) is 0 Å². The van der Waals surface area contributed by atoms with Gasteiger partial charge in [0.25, 0.3) is 0 Å². The molecule has 0 aliphatic carbocycles. The molecule has 0 atom stereocenters. The van der Waals surface area contributed by atoms with Crippen molar-refractivity contribution >= 4 is 0 Å². The fourth-order valence-corrected chi connectivity index (χ4v) is 2.18. The van der Waals surface area contributed by atoms with Gasteiger partial charge >= 0.3 is 0 Å². The van der Waals surface area contributed by atoms with Crippen molar-refractivity contribution < 1.29 is 0 Å². The maximum Gasteiger partial charge on any atom is 0.0737 e.